The maximum absolute atomic E-state index is 13.3. The van der Waals surface area contributed by atoms with Crippen LogP contribution in [0.15, 0.2) is 24.3 Å². The van der Waals surface area contributed by atoms with Crippen molar-refractivity contribution in [2.75, 3.05) is 19.6 Å². The number of carbonyl (C=O) groups is 3. The topological polar surface area (TPSA) is 104 Å². The minimum Gasteiger partial charge on any atom is -0.350 e. The van der Waals surface area contributed by atoms with Crippen molar-refractivity contribution in [1.29, 1.82) is 0 Å². The molecular formula is C24H30F3N3O5S. The third-order valence-corrected chi connectivity index (χ3v) is 9.70. The van der Waals surface area contributed by atoms with Crippen LogP contribution in [0.1, 0.15) is 49.7 Å². The molecule has 0 unspecified atom stereocenters. The first-order valence-corrected chi connectivity index (χ1v) is 13.7. The summed E-state index contributed by atoms with van der Waals surface area (Å²) in [5, 5.41) is 2.12. The van der Waals surface area contributed by atoms with Crippen LogP contribution in [0.4, 0.5) is 13.2 Å². The Morgan fingerprint density at radius 1 is 1.06 bits per heavy atom. The van der Waals surface area contributed by atoms with Crippen molar-refractivity contribution < 1.29 is 36.0 Å². The largest absolute Gasteiger partial charge is 0.416 e. The second-order valence-corrected chi connectivity index (χ2v) is 12.0. The van der Waals surface area contributed by atoms with E-state index in [0.29, 0.717) is 57.2 Å². The lowest BCUT2D eigenvalue weighted by atomic mass is 9.86. The molecule has 0 radical (unpaired) electrons. The van der Waals surface area contributed by atoms with Crippen LogP contribution >= 0.6 is 0 Å². The van der Waals surface area contributed by atoms with Crippen molar-refractivity contribution in [2.45, 2.75) is 62.5 Å². The highest BCUT2D eigenvalue weighted by molar-refractivity contribution is 7.89. The molecule has 1 saturated carbocycles. The average molecular weight is 530 g/mol. The van der Waals surface area contributed by atoms with Crippen molar-refractivity contribution in [2.24, 2.45) is 11.8 Å². The monoisotopic (exact) mass is 529 g/mol. The molecule has 2 aliphatic heterocycles. The number of halogens is 3. The summed E-state index contributed by atoms with van der Waals surface area (Å²) in [6.45, 7) is 0.837. The zero-order chi connectivity index (χ0) is 26.1. The number of nitrogens with one attached hydrogen (secondary N) is 1. The van der Waals surface area contributed by atoms with Crippen molar-refractivity contribution in [3.63, 3.8) is 0 Å². The number of likely N-dealkylation sites (tertiary alicyclic amines) is 1. The molecule has 0 aromatic heterocycles. The normalized spacial score (nSPS) is 27.4. The molecule has 2 saturated heterocycles. The average Bonchev–Trinajstić information content (AvgIpc) is 3.31. The molecule has 2 heterocycles. The van der Waals surface area contributed by atoms with Gasteiger partial charge < -0.3 is 15.0 Å². The number of benzene rings is 1. The molecule has 12 heteroatoms. The lowest BCUT2D eigenvalue weighted by Gasteiger charge is -2.39. The Morgan fingerprint density at radius 2 is 1.72 bits per heavy atom. The van der Waals surface area contributed by atoms with Crippen molar-refractivity contribution in [3.05, 3.63) is 35.4 Å². The summed E-state index contributed by atoms with van der Waals surface area (Å²) in [6.07, 6.45) is -0.854. The van der Waals surface area contributed by atoms with E-state index in [9.17, 15) is 36.0 Å². The van der Waals surface area contributed by atoms with Crippen LogP contribution < -0.4 is 5.32 Å². The molecule has 0 bridgehead atoms. The second-order valence-electron chi connectivity index (χ2n) is 9.83. The molecule has 8 nitrogen and oxygen atoms in total. The molecule has 1 N–H and O–H groups in total. The zero-order valence-corrected chi connectivity index (χ0v) is 20.6. The predicted molar refractivity (Wildman–Crippen MR) is 124 cm³/mol. The van der Waals surface area contributed by atoms with Gasteiger partial charge >= 0.3 is 6.18 Å². The van der Waals surface area contributed by atoms with Crippen LogP contribution in [-0.2, 0) is 37.1 Å². The van der Waals surface area contributed by atoms with E-state index < -0.39 is 39.0 Å². The standard InChI is InChI=1S/C24H30F3N3O5S/c25-24(26,27)19-7-5-16(6-8-19)13-28-22(32)21-4-2-10-30(21)23(33)18-3-1-9-29(14-18)36(34,35)20-11-17(12-20)15-31/h5-8,15,17-18,20-21H,1-4,9-14H2,(H,28,32)/t17-,18-,20-,21+/m0/s1. The van der Waals surface area contributed by atoms with Crippen LogP contribution in [0, 0.1) is 11.8 Å². The van der Waals surface area contributed by atoms with Gasteiger partial charge in [0, 0.05) is 32.1 Å². The molecule has 3 aliphatic rings. The summed E-state index contributed by atoms with van der Waals surface area (Å²) in [4.78, 5) is 38.5. The molecule has 1 aromatic rings. The fourth-order valence-electron chi connectivity index (χ4n) is 5.20. The number of nitrogens with zero attached hydrogens (tertiary/aromatic N) is 2. The van der Waals surface area contributed by atoms with Gasteiger partial charge in [-0.25, -0.2) is 12.7 Å². The van der Waals surface area contributed by atoms with E-state index in [-0.39, 0.29) is 30.8 Å². The number of amides is 2. The molecule has 1 aromatic carbocycles. The highest BCUT2D eigenvalue weighted by Crippen LogP contribution is 2.35. The maximum Gasteiger partial charge on any atom is 0.416 e. The molecule has 36 heavy (non-hydrogen) atoms. The van der Waals surface area contributed by atoms with E-state index in [1.54, 1.807) is 0 Å². The van der Waals surface area contributed by atoms with Gasteiger partial charge in [-0.1, -0.05) is 12.1 Å². The van der Waals surface area contributed by atoms with Crippen LogP contribution in [0.25, 0.3) is 0 Å². The van der Waals surface area contributed by atoms with Crippen LogP contribution in [0.5, 0.6) is 0 Å². The third-order valence-electron chi connectivity index (χ3n) is 7.42. The van der Waals surface area contributed by atoms with E-state index in [2.05, 4.69) is 5.32 Å². The minimum absolute atomic E-state index is 0.0358. The molecule has 198 valence electrons. The Labute approximate surface area is 208 Å². The van der Waals surface area contributed by atoms with Gasteiger partial charge in [0.1, 0.15) is 12.3 Å². The number of alkyl halides is 3. The van der Waals surface area contributed by atoms with Gasteiger partial charge in [0.25, 0.3) is 0 Å². The van der Waals surface area contributed by atoms with Gasteiger partial charge in [0.15, 0.2) is 0 Å². The number of sulfonamides is 1. The molecule has 2 atom stereocenters. The van der Waals surface area contributed by atoms with Crippen LogP contribution in [-0.4, -0.2) is 66.6 Å². The summed E-state index contributed by atoms with van der Waals surface area (Å²) < 4.78 is 65.5. The van der Waals surface area contributed by atoms with Gasteiger partial charge in [-0.05, 0) is 56.2 Å². The maximum atomic E-state index is 13.3. The van der Waals surface area contributed by atoms with Crippen molar-refractivity contribution in [1.82, 2.24) is 14.5 Å². The molecule has 1 aliphatic carbocycles. The van der Waals surface area contributed by atoms with E-state index in [1.807, 2.05) is 0 Å². The van der Waals surface area contributed by atoms with Crippen LogP contribution in [0.2, 0.25) is 0 Å². The number of hydrogen-bond donors (Lipinski definition) is 1. The summed E-state index contributed by atoms with van der Waals surface area (Å²) in [5.41, 5.74) is -0.261. The molecular weight excluding hydrogens is 499 g/mol. The minimum atomic E-state index is -4.43. The van der Waals surface area contributed by atoms with Crippen molar-refractivity contribution in [3.8, 4) is 0 Å². The van der Waals surface area contributed by atoms with Crippen molar-refractivity contribution >= 4 is 28.1 Å². The fraction of sp³-hybridized carbons (Fsp3) is 0.625. The highest BCUT2D eigenvalue weighted by Gasteiger charge is 2.45. The smallest absolute Gasteiger partial charge is 0.350 e. The van der Waals surface area contributed by atoms with Gasteiger partial charge in [0.2, 0.25) is 21.8 Å². The fourth-order valence-corrected chi connectivity index (χ4v) is 7.38. The Hall–Kier alpha value is -2.47. The first-order valence-electron chi connectivity index (χ1n) is 12.2. The summed E-state index contributed by atoms with van der Waals surface area (Å²) >= 11 is 0. The van der Waals surface area contributed by atoms with E-state index in [0.717, 1.165) is 18.4 Å². The molecule has 3 fully saturated rings. The first-order chi connectivity index (χ1) is 17.0. The number of piperidine rings is 1. The SMILES string of the molecule is O=C[C@H]1C[C@H](S(=O)(=O)N2CCC[C@H](C(=O)N3CCC[C@@H]3C(=O)NCc3ccc(C(F)(F)F)cc3)C2)C1. The molecule has 0 spiro atoms. The quantitative estimate of drug-likeness (QED) is 0.546. The summed E-state index contributed by atoms with van der Waals surface area (Å²) in [6, 6.07) is 3.82. The zero-order valence-electron chi connectivity index (χ0n) is 19.7. The highest BCUT2D eigenvalue weighted by atomic mass is 32.2. The van der Waals surface area contributed by atoms with Gasteiger partial charge in [0.05, 0.1) is 16.7 Å². The number of aldehydes is 1. The Balaban J connectivity index is 1.34. The predicted octanol–water partition coefficient (Wildman–Crippen LogP) is 2.33. The van der Waals surface area contributed by atoms with E-state index >= 15 is 0 Å². The van der Waals surface area contributed by atoms with Gasteiger partial charge in [-0.2, -0.15) is 13.2 Å². The molecule has 4 rings (SSSR count). The number of rotatable bonds is 7. The van der Waals surface area contributed by atoms with E-state index in [1.165, 1.54) is 21.3 Å². The lowest BCUT2D eigenvalue weighted by molar-refractivity contribution is -0.142. The first kappa shape index (κ1) is 26.6. The number of carbonyl (C=O) groups excluding carboxylic acids is 3. The van der Waals surface area contributed by atoms with Crippen LogP contribution in [0.3, 0.4) is 0 Å². The summed E-state index contributed by atoms with van der Waals surface area (Å²) in [5.74, 6) is -1.39. The third kappa shape index (κ3) is 5.59. The van der Waals surface area contributed by atoms with Gasteiger partial charge in [-0.15, -0.1) is 0 Å². The number of hydrogen-bond acceptors (Lipinski definition) is 5. The second kappa shape index (κ2) is 10.5. The van der Waals surface area contributed by atoms with Gasteiger partial charge in [-0.3, -0.25) is 9.59 Å². The Bertz CT molecular complexity index is 1090. The summed E-state index contributed by atoms with van der Waals surface area (Å²) in [7, 11) is -3.59. The Kier molecular flexibility index (Phi) is 7.75. The van der Waals surface area contributed by atoms with E-state index in [4.69, 9.17) is 0 Å². The Morgan fingerprint density at radius 3 is 2.36 bits per heavy atom. The lowest BCUT2D eigenvalue weighted by Crippen LogP contribution is -2.53. The molecule has 2 amide bonds.